The predicted molar refractivity (Wildman–Crippen MR) is 66.8 cm³/mol. The van der Waals surface area contributed by atoms with Gasteiger partial charge in [0.15, 0.2) is 0 Å². The summed E-state index contributed by atoms with van der Waals surface area (Å²) in [5.74, 6) is 0.00921. The summed E-state index contributed by atoms with van der Waals surface area (Å²) in [6.07, 6.45) is 0. The summed E-state index contributed by atoms with van der Waals surface area (Å²) in [7, 11) is 0. The molecule has 4 nitrogen and oxygen atoms in total. The van der Waals surface area contributed by atoms with Gasteiger partial charge >= 0.3 is 0 Å². The summed E-state index contributed by atoms with van der Waals surface area (Å²) in [4.78, 5) is 13.9. The van der Waals surface area contributed by atoms with E-state index in [1.54, 1.807) is 0 Å². The summed E-state index contributed by atoms with van der Waals surface area (Å²) in [6.45, 7) is 8.86. The molecule has 0 aromatic rings. The molecule has 0 aromatic carbocycles. The van der Waals surface area contributed by atoms with Crippen LogP contribution in [0, 0.1) is 0 Å². The van der Waals surface area contributed by atoms with Crippen LogP contribution in [0.3, 0.4) is 0 Å². The van der Waals surface area contributed by atoms with Crippen molar-refractivity contribution in [2.45, 2.75) is 39.8 Å². The molecule has 0 aliphatic heterocycles. The van der Waals surface area contributed by atoms with Crippen LogP contribution >= 0.6 is 12.2 Å². The first kappa shape index (κ1) is 14.3. The molecule has 0 spiro atoms. The third-order valence-corrected chi connectivity index (χ3v) is 2.50. The Balaban J connectivity index is 4.21. The van der Waals surface area contributed by atoms with Gasteiger partial charge in [0.05, 0.1) is 17.6 Å². The molecule has 0 saturated carbocycles. The summed E-state index contributed by atoms with van der Waals surface area (Å²) in [5.41, 5.74) is 5.55. The number of carbonyl (C=O) groups excluding carboxylic acids is 1. The third-order valence-electron chi connectivity index (χ3n) is 2.16. The standard InChI is InChI=1S/C10H21N3OS/c1-5-13(8(4)10(11)15)6-9(14)12-7(2)3/h7-8H,5-6H2,1-4H3,(H2,11,15)(H,12,14). The quantitative estimate of drug-likeness (QED) is 0.654. The van der Waals surface area contributed by atoms with E-state index in [9.17, 15) is 4.79 Å². The van der Waals surface area contributed by atoms with Crippen molar-refractivity contribution in [3.63, 3.8) is 0 Å². The van der Waals surface area contributed by atoms with E-state index in [1.807, 2.05) is 32.6 Å². The van der Waals surface area contributed by atoms with Gasteiger partial charge in [0.1, 0.15) is 0 Å². The van der Waals surface area contributed by atoms with Crippen LogP contribution in [0.25, 0.3) is 0 Å². The van der Waals surface area contributed by atoms with Gasteiger partial charge < -0.3 is 11.1 Å². The number of rotatable bonds is 6. The molecule has 0 aromatic heterocycles. The first-order valence-corrected chi connectivity index (χ1v) is 5.62. The van der Waals surface area contributed by atoms with E-state index in [4.69, 9.17) is 18.0 Å². The lowest BCUT2D eigenvalue weighted by Gasteiger charge is -2.26. The lowest BCUT2D eigenvalue weighted by Crippen LogP contribution is -2.47. The molecule has 0 heterocycles. The highest BCUT2D eigenvalue weighted by atomic mass is 32.1. The molecule has 5 heteroatoms. The average molecular weight is 231 g/mol. The van der Waals surface area contributed by atoms with Crippen LogP contribution in [0.1, 0.15) is 27.7 Å². The maximum absolute atomic E-state index is 11.5. The fourth-order valence-electron chi connectivity index (χ4n) is 1.25. The van der Waals surface area contributed by atoms with E-state index in [0.717, 1.165) is 6.54 Å². The molecular formula is C10H21N3OS. The van der Waals surface area contributed by atoms with Gasteiger partial charge in [-0.1, -0.05) is 19.1 Å². The van der Waals surface area contributed by atoms with Gasteiger partial charge in [0.2, 0.25) is 5.91 Å². The lowest BCUT2D eigenvalue weighted by atomic mass is 10.2. The molecule has 0 fully saturated rings. The van der Waals surface area contributed by atoms with Crippen LogP contribution in [0.2, 0.25) is 0 Å². The number of carbonyl (C=O) groups is 1. The van der Waals surface area contributed by atoms with Gasteiger partial charge in [0, 0.05) is 6.04 Å². The van der Waals surface area contributed by atoms with Crippen LogP contribution in [-0.2, 0) is 4.79 Å². The average Bonchev–Trinajstić information content (AvgIpc) is 2.11. The minimum absolute atomic E-state index is 0.00921. The highest BCUT2D eigenvalue weighted by molar-refractivity contribution is 7.80. The SMILES string of the molecule is CCN(CC(=O)NC(C)C)C(C)C(N)=S. The number of hydrogen-bond acceptors (Lipinski definition) is 3. The number of nitrogens with two attached hydrogens (primary N) is 1. The highest BCUT2D eigenvalue weighted by Crippen LogP contribution is 1.98. The summed E-state index contributed by atoms with van der Waals surface area (Å²) < 4.78 is 0. The highest BCUT2D eigenvalue weighted by Gasteiger charge is 2.17. The largest absolute Gasteiger partial charge is 0.392 e. The second-order valence-corrected chi connectivity index (χ2v) is 4.34. The Labute approximate surface area is 97.2 Å². The van der Waals surface area contributed by atoms with Crippen LogP contribution in [0.15, 0.2) is 0 Å². The van der Waals surface area contributed by atoms with E-state index in [1.165, 1.54) is 0 Å². The maximum Gasteiger partial charge on any atom is 0.234 e. The minimum atomic E-state index is -0.0390. The van der Waals surface area contributed by atoms with Crippen LogP contribution in [-0.4, -0.2) is 41.0 Å². The zero-order valence-electron chi connectivity index (χ0n) is 9.91. The van der Waals surface area contributed by atoms with Crippen molar-refractivity contribution >= 4 is 23.1 Å². The van der Waals surface area contributed by atoms with Crippen molar-refractivity contribution in [2.75, 3.05) is 13.1 Å². The van der Waals surface area contributed by atoms with Crippen molar-refractivity contribution in [1.29, 1.82) is 0 Å². The Morgan fingerprint density at radius 1 is 1.47 bits per heavy atom. The van der Waals surface area contributed by atoms with Crippen molar-refractivity contribution in [1.82, 2.24) is 10.2 Å². The van der Waals surface area contributed by atoms with Gasteiger partial charge in [-0.2, -0.15) is 0 Å². The molecule has 1 unspecified atom stereocenters. The Hall–Kier alpha value is -0.680. The van der Waals surface area contributed by atoms with Gasteiger partial charge in [0.25, 0.3) is 0 Å². The van der Waals surface area contributed by atoms with Crippen molar-refractivity contribution < 1.29 is 4.79 Å². The van der Waals surface area contributed by atoms with E-state index >= 15 is 0 Å². The summed E-state index contributed by atoms with van der Waals surface area (Å²) in [6, 6.07) is 0.124. The molecule has 0 aliphatic carbocycles. The number of likely N-dealkylation sites (N-methyl/N-ethyl adjacent to an activating group) is 1. The Morgan fingerprint density at radius 3 is 2.33 bits per heavy atom. The summed E-state index contributed by atoms with van der Waals surface area (Å²) in [5, 5.41) is 2.84. The molecule has 0 rings (SSSR count). The van der Waals surface area contributed by atoms with E-state index in [-0.39, 0.29) is 18.0 Å². The molecule has 0 radical (unpaired) electrons. The second kappa shape index (κ2) is 6.74. The van der Waals surface area contributed by atoms with Gasteiger partial charge in [-0.25, -0.2) is 0 Å². The second-order valence-electron chi connectivity index (χ2n) is 3.86. The van der Waals surface area contributed by atoms with Crippen LogP contribution in [0.5, 0.6) is 0 Å². The third kappa shape index (κ3) is 5.69. The lowest BCUT2D eigenvalue weighted by molar-refractivity contribution is -0.122. The molecule has 88 valence electrons. The minimum Gasteiger partial charge on any atom is -0.392 e. The number of thiocarbonyl (C=S) groups is 1. The first-order chi connectivity index (χ1) is 6.88. The topological polar surface area (TPSA) is 58.4 Å². The first-order valence-electron chi connectivity index (χ1n) is 5.21. The monoisotopic (exact) mass is 231 g/mol. The fourth-order valence-corrected chi connectivity index (χ4v) is 1.40. The predicted octanol–water partition coefficient (Wildman–Crippen LogP) is 0.508. The normalized spacial score (nSPS) is 12.9. The molecule has 0 aliphatic rings. The fraction of sp³-hybridized carbons (Fsp3) is 0.800. The maximum atomic E-state index is 11.5. The smallest absolute Gasteiger partial charge is 0.234 e. The number of nitrogens with one attached hydrogen (secondary N) is 1. The van der Waals surface area contributed by atoms with Gasteiger partial charge in [-0.3, -0.25) is 9.69 Å². The molecular weight excluding hydrogens is 210 g/mol. The van der Waals surface area contributed by atoms with Gasteiger partial charge in [-0.05, 0) is 27.3 Å². The van der Waals surface area contributed by atoms with E-state index in [0.29, 0.717) is 11.5 Å². The summed E-state index contributed by atoms with van der Waals surface area (Å²) >= 11 is 4.91. The molecule has 0 bridgehead atoms. The van der Waals surface area contributed by atoms with Crippen LogP contribution < -0.4 is 11.1 Å². The number of hydrogen-bond donors (Lipinski definition) is 2. The molecule has 1 amide bonds. The van der Waals surface area contributed by atoms with Crippen LogP contribution in [0.4, 0.5) is 0 Å². The Kier molecular flexibility index (Phi) is 6.43. The zero-order valence-corrected chi connectivity index (χ0v) is 10.7. The molecule has 3 N–H and O–H groups in total. The number of amides is 1. The zero-order chi connectivity index (χ0) is 12.0. The van der Waals surface area contributed by atoms with Crippen molar-refractivity contribution in [3.05, 3.63) is 0 Å². The Bertz CT molecular complexity index is 231. The Morgan fingerprint density at radius 2 is 2.00 bits per heavy atom. The van der Waals surface area contributed by atoms with E-state index in [2.05, 4.69) is 5.32 Å². The molecule has 0 saturated heterocycles. The van der Waals surface area contributed by atoms with Crippen molar-refractivity contribution in [3.8, 4) is 0 Å². The van der Waals surface area contributed by atoms with Crippen molar-refractivity contribution in [2.24, 2.45) is 5.73 Å². The number of nitrogens with zero attached hydrogens (tertiary/aromatic N) is 1. The van der Waals surface area contributed by atoms with Gasteiger partial charge in [-0.15, -0.1) is 0 Å². The van der Waals surface area contributed by atoms with E-state index < -0.39 is 0 Å². The molecule has 1 atom stereocenters. The molecule has 15 heavy (non-hydrogen) atoms.